The van der Waals surface area contributed by atoms with Crippen LogP contribution in [0, 0.1) is 0 Å². The van der Waals surface area contributed by atoms with Crippen molar-refractivity contribution in [3.8, 4) is 0 Å². The van der Waals surface area contributed by atoms with Gasteiger partial charge in [-0.3, -0.25) is 29.0 Å². The Morgan fingerprint density at radius 1 is 1.00 bits per heavy atom. The van der Waals surface area contributed by atoms with Crippen LogP contribution in [-0.2, 0) is 24.0 Å². The lowest BCUT2D eigenvalue weighted by Crippen LogP contribution is -2.55. The van der Waals surface area contributed by atoms with E-state index in [1.54, 1.807) is 0 Å². The summed E-state index contributed by atoms with van der Waals surface area (Å²) in [4.78, 5) is 61.6. The van der Waals surface area contributed by atoms with E-state index in [0.29, 0.717) is 13.0 Å². The first-order valence-corrected chi connectivity index (χ1v) is 8.63. The molecule has 0 aliphatic heterocycles. The number of aliphatic carboxylic acids is 1. The molecule has 164 valence electrons. The van der Waals surface area contributed by atoms with Gasteiger partial charge in [-0.2, -0.15) is 0 Å². The van der Waals surface area contributed by atoms with Crippen molar-refractivity contribution in [3.05, 3.63) is 0 Å². The Kier molecular flexibility index (Phi) is 11.4. The lowest BCUT2D eigenvalue weighted by atomic mass is 10.1. The number of guanidine groups is 1. The zero-order valence-electron chi connectivity index (χ0n) is 16.0. The van der Waals surface area contributed by atoms with Crippen LogP contribution in [0.15, 0.2) is 4.99 Å². The molecule has 0 aliphatic carbocycles. The second kappa shape index (κ2) is 12.9. The largest absolute Gasteiger partial charge is 0.480 e. The van der Waals surface area contributed by atoms with Gasteiger partial charge in [-0.1, -0.05) is 0 Å². The summed E-state index contributed by atoms with van der Waals surface area (Å²) in [6.45, 7) is 0.931. The molecule has 0 aromatic heterocycles. The number of hydrogen-bond donors (Lipinski definition) is 8. The molecule has 0 saturated heterocycles. The number of carbonyl (C=O) groups is 5. The van der Waals surface area contributed by atoms with Crippen LogP contribution < -0.4 is 38.9 Å². The molecule has 0 saturated carbocycles. The highest BCUT2D eigenvalue weighted by atomic mass is 16.4. The van der Waals surface area contributed by atoms with Crippen LogP contribution >= 0.6 is 0 Å². The lowest BCUT2D eigenvalue weighted by molar-refractivity contribution is -0.138. The van der Waals surface area contributed by atoms with Gasteiger partial charge in [-0.25, -0.2) is 0 Å². The second-order valence-corrected chi connectivity index (χ2v) is 6.13. The molecule has 3 atom stereocenters. The molecular weight excluding hydrogens is 388 g/mol. The van der Waals surface area contributed by atoms with Crippen molar-refractivity contribution in [2.24, 2.45) is 27.9 Å². The van der Waals surface area contributed by atoms with Gasteiger partial charge in [-0.05, 0) is 19.8 Å². The first-order chi connectivity index (χ1) is 13.4. The third-order valence-corrected chi connectivity index (χ3v) is 3.51. The Morgan fingerprint density at radius 3 is 2.14 bits per heavy atom. The first-order valence-electron chi connectivity index (χ1n) is 8.63. The predicted octanol–water partition coefficient (Wildman–Crippen LogP) is -4.57. The van der Waals surface area contributed by atoms with Crippen LogP contribution in [0.1, 0.15) is 26.2 Å². The fourth-order valence-corrected chi connectivity index (χ4v) is 2.03. The molecule has 0 heterocycles. The monoisotopic (exact) mass is 416 g/mol. The van der Waals surface area contributed by atoms with Crippen molar-refractivity contribution < 1.29 is 29.1 Å². The Bertz CT molecular complexity index is 649. The maximum Gasteiger partial charge on any atom is 0.322 e. The minimum atomic E-state index is -1.40. The van der Waals surface area contributed by atoms with Crippen LogP contribution in [0.3, 0.4) is 0 Å². The average Bonchev–Trinajstić information content (AvgIpc) is 2.61. The van der Waals surface area contributed by atoms with Crippen LogP contribution in [0.5, 0.6) is 0 Å². The maximum atomic E-state index is 12.2. The van der Waals surface area contributed by atoms with E-state index in [9.17, 15) is 24.0 Å². The zero-order valence-corrected chi connectivity index (χ0v) is 16.0. The summed E-state index contributed by atoms with van der Waals surface area (Å²) < 4.78 is 0. The third-order valence-electron chi connectivity index (χ3n) is 3.51. The molecule has 14 heteroatoms. The topological polar surface area (TPSA) is 258 Å². The first kappa shape index (κ1) is 25.6. The molecule has 3 unspecified atom stereocenters. The molecular formula is C15H28N8O6. The average molecular weight is 416 g/mol. The number of carbonyl (C=O) groups excluding carboxylic acids is 4. The van der Waals surface area contributed by atoms with Crippen LogP contribution in [-0.4, -0.2) is 71.9 Å². The van der Waals surface area contributed by atoms with Crippen molar-refractivity contribution in [3.63, 3.8) is 0 Å². The maximum absolute atomic E-state index is 12.2. The van der Waals surface area contributed by atoms with Crippen molar-refractivity contribution in [2.45, 2.75) is 44.3 Å². The van der Waals surface area contributed by atoms with Gasteiger partial charge in [0, 0.05) is 6.54 Å². The highest BCUT2D eigenvalue weighted by Crippen LogP contribution is 1.98. The summed E-state index contributed by atoms with van der Waals surface area (Å²) in [5.41, 5.74) is 21.1. The smallest absolute Gasteiger partial charge is 0.322 e. The summed E-state index contributed by atoms with van der Waals surface area (Å²) in [5.74, 6) is -4.58. The van der Waals surface area contributed by atoms with E-state index >= 15 is 0 Å². The molecule has 0 aromatic rings. The lowest BCUT2D eigenvalue weighted by Gasteiger charge is -2.21. The molecule has 0 aliphatic rings. The number of rotatable bonds is 13. The van der Waals surface area contributed by atoms with E-state index in [-0.39, 0.29) is 12.4 Å². The summed E-state index contributed by atoms with van der Waals surface area (Å²) in [6, 6.07) is -3.40. The quantitative estimate of drug-likeness (QED) is 0.0814. The van der Waals surface area contributed by atoms with Gasteiger partial charge in [0.05, 0.1) is 12.5 Å². The van der Waals surface area contributed by atoms with Crippen molar-refractivity contribution in [1.29, 1.82) is 0 Å². The number of aliphatic imine (C=N–C) groups is 1. The summed E-state index contributed by atoms with van der Waals surface area (Å²) >= 11 is 0. The fourth-order valence-electron chi connectivity index (χ4n) is 2.03. The van der Waals surface area contributed by atoms with Crippen molar-refractivity contribution >= 4 is 35.6 Å². The second-order valence-electron chi connectivity index (χ2n) is 6.13. The standard InChI is InChI=1S/C15H28N8O6/c1-7(22-13(28)8(16)3-2-4-20-15(18)19)12(27)23-9(5-10(17)24)14(29)21-6-11(25)26/h7-9H,2-6,16H2,1H3,(H2,17,24)(H,21,29)(H,22,28)(H,23,27)(H,25,26)(H4,18,19,20). The molecule has 0 radical (unpaired) electrons. The fraction of sp³-hybridized carbons (Fsp3) is 0.600. The molecule has 0 bridgehead atoms. The van der Waals surface area contributed by atoms with Crippen LogP contribution in [0.4, 0.5) is 0 Å². The number of hydrogen-bond acceptors (Lipinski definition) is 7. The molecule has 0 rings (SSSR count). The van der Waals surface area contributed by atoms with Gasteiger partial charge in [0.15, 0.2) is 5.96 Å². The van der Waals surface area contributed by atoms with E-state index in [2.05, 4.69) is 15.6 Å². The molecule has 14 nitrogen and oxygen atoms in total. The van der Waals surface area contributed by atoms with Crippen molar-refractivity contribution in [2.75, 3.05) is 13.1 Å². The normalized spacial score (nSPS) is 13.3. The Balaban J connectivity index is 4.69. The summed E-state index contributed by atoms with van der Waals surface area (Å²) in [5, 5.41) is 15.2. The Labute approximate surface area is 166 Å². The van der Waals surface area contributed by atoms with Gasteiger partial charge in [0.25, 0.3) is 0 Å². The Morgan fingerprint density at radius 2 is 1.62 bits per heavy atom. The minimum Gasteiger partial charge on any atom is -0.480 e. The predicted molar refractivity (Wildman–Crippen MR) is 102 cm³/mol. The van der Waals surface area contributed by atoms with Gasteiger partial charge in [0.2, 0.25) is 23.6 Å². The Hall–Kier alpha value is -3.42. The van der Waals surface area contributed by atoms with Gasteiger partial charge < -0.3 is 44.0 Å². The number of nitrogens with one attached hydrogen (secondary N) is 3. The highest BCUT2D eigenvalue weighted by Gasteiger charge is 2.27. The van der Waals surface area contributed by atoms with E-state index in [1.165, 1.54) is 6.92 Å². The third kappa shape index (κ3) is 11.8. The summed E-state index contributed by atoms with van der Waals surface area (Å²) in [6.07, 6.45) is 0.151. The number of carboxylic acid groups (broad SMARTS) is 1. The number of carboxylic acids is 1. The van der Waals surface area contributed by atoms with Gasteiger partial charge in [0.1, 0.15) is 18.6 Å². The van der Waals surface area contributed by atoms with Crippen LogP contribution in [0.25, 0.3) is 0 Å². The highest BCUT2D eigenvalue weighted by molar-refractivity contribution is 5.95. The zero-order chi connectivity index (χ0) is 22.6. The molecule has 0 fully saturated rings. The van der Waals surface area contributed by atoms with Crippen LogP contribution in [0.2, 0.25) is 0 Å². The molecule has 29 heavy (non-hydrogen) atoms. The number of primary amides is 1. The van der Waals surface area contributed by atoms with Gasteiger partial charge in [-0.15, -0.1) is 0 Å². The molecule has 4 amide bonds. The summed E-state index contributed by atoms with van der Waals surface area (Å²) in [7, 11) is 0. The van der Waals surface area contributed by atoms with Gasteiger partial charge >= 0.3 is 5.97 Å². The van der Waals surface area contributed by atoms with E-state index in [1.807, 2.05) is 5.32 Å². The number of nitrogens with zero attached hydrogens (tertiary/aromatic N) is 1. The molecule has 0 aromatic carbocycles. The van der Waals surface area contributed by atoms with Crippen molar-refractivity contribution in [1.82, 2.24) is 16.0 Å². The molecule has 0 spiro atoms. The van der Waals surface area contributed by atoms with E-state index in [4.69, 9.17) is 28.0 Å². The van der Waals surface area contributed by atoms with E-state index in [0.717, 1.165) is 0 Å². The number of amides is 4. The SMILES string of the molecule is CC(NC(=O)C(N)CCCN=C(N)N)C(=O)NC(CC(N)=O)C(=O)NCC(=O)O. The van der Waals surface area contributed by atoms with E-state index < -0.39 is 60.7 Å². The minimum absolute atomic E-state index is 0.0776. The number of nitrogens with two attached hydrogens (primary N) is 4. The molecule has 12 N–H and O–H groups in total.